The lowest BCUT2D eigenvalue weighted by molar-refractivity contribution is -0.0936. The molecule has 1 aliphatic rings. The van der Waals surface area contributed by atoms with Gasteiger partial charge in [0.1, 0.15) is 11.7 Å². The van der Waals surface area contributed by atoms with Crippen molar-refractivity contribution in [2.75, 3.05) is 6.61 Å². The van der Waals surface area contributed by atoms with E-state index < -0.39 is 57.8 Å². The molecule has 0 saturated carbocycles. The average molecular weight is 519 g/mol. The molecule has 11 heteroatoms. The van der Waals surface area contributed by atoms with Crippen molar-refractivity contribution in [1.82, 2.24) is 9.55 Å². The Morgan fingerprint density at radius 3 is 2.15 bits per heavy atom. The average Bonchev–Trinajstić information content (AvgIpc) is 2.94. The second-order valence-electron chi connectivity index (χ2n) is 12.1. The molecule has 0 aromatic carbocycles. The summed E-state index contributed by atoms with van der Waals surface area (Å²) in [5.41, 5.74) is -3.59. The first-order valence-corrected chi connectivity index (χ1v) is 17.3. The first-order valence-electron chi connectivity index (χ1n) is 11.5. The first kappa shape index (κ1) is 28.8. The van der Waals surface area contributed by atoms with Gasteiger partial charge in [-0.05, 0) is 36.3 Å². The molecule has 2 heterocycles. The highest BCUT2D eigenvalue weighted by molar-refractivity contribution is 6.74. The smallest absolute Gasteiger partial charge is 0.330 e. The molecule has 0 bridgehead atoms. The van der Waals surface area contributed by atoms with Crippen LogP contribution in [0.2, 0.25) is 36.3 Å². The van der Waals surface area contributed by atoms with E-state index in [0.29, 0.717) is 6.20 Å². The quantitative estimate of drug-likeness (QED) is 0.411. The number of aromatic amines is 1. The SMILES string of the molecule is C=C[C@]1(CO[Si](C)(C)C(C)(C)C)O[C@@H](n2cc(F)c(=O)[nH]c2=O)[C@@H](F)[C@@H]1O[Si](C)(C)C(C)(C)C. The molecule has 1 saturated heterocycles. The molecule has 194 valence electrons. The fourth-order valence-corrected chi connectivity index (χ4v) is 5.48. The number of ether oxygens (including phenoxy) is 1. The van der Waals surface area contributed by atoms with E-state index in [1.165, 1.54) is 6.08 Å². The normalized spacial score (nSPS) is 26.6. The van der Waals surface area contributed by atoms with Crippen LogP contribution in [-0.4, -0.2) is 50.7 Å². The molecule has 0 spiro atoms. The minimum atomic E-state index is -2.52. The first-order chi connectivity index (χ1) is 15.2. The van der Waals surface area contributed by atoms with Gasteiger partial charge >= 0.3 is 5.69 Å². The Bertz CT molecular complexity index is 1030. The maximum atomic E-state index is 16.1. The van der Waals surface area contributed by atoms with Crippen molar-refractivity contribution in [3.8, 4) is 0 Å². The molecule has 1 aromatic heterocycles. The van der Waals surface area contributed by atoms with Gasteiger partial charge in [-0.3, -0.25) is 14.3 Å². The van der Waals surface area contributed by atoms with E-state index in [0.717, 1.165) is 4.57 Å². The number of alkyl halides is 1. The Morgan fingerprint density at radius 2 is 1.68 bits per heavy atom. The van der Waals surface area contributed by atoms with Crippen molar-refractivity contribution in [3.63, 3.8) is 0 Å². The molecule has 1 fully saturated rings. The van der Waals surface area contributed by atoms with Crippen molar-refractivity contribution >= 4 is 16.6 Å². The van der Waals surface area contributed by atoms with Crippen molar-refractivity contribution in [2.45, 2.75) is 102 Å². The maximum Gasteiger partial charge on any atom is 0.330 e. The van der Waals surface area contributed by atoms with Gasteiger partial charge in [-0.25, -0.2) is 9.18 Å². The zero-order valence-electron chi connectivity index (χ0n) is 22.0. The third-order valence-electron chi connectivity index (χ3n) is 7.62. The van der Waals surface area contributed by atoms with E-state index in [-0.39, 0.29) is 16.7 Å². The maximum absolute atomic E-state index is 16.1. The summed E-state index contributed by atoms with van der Waals surface area (Å²) in [5, 5.41) is -0.351. The molecule has 34 heavy (non-hydrogen) atoms. The van der Waals surface area contributed by atoms with Crippen LogP contribution in [0.3, 0.4) is 0 Å². The highest BCUT2D eigenvalue weighted by Crippen LogP contribution is 2.47. The molecule has 0 aliphatic carbocycles. The zero-order valence-corrected chi connectivity index (χ0v) is 24.0. The predicted octanol–water partition coefficient (Wildman–Crippen LogP) is 4.88. The van der Waals surface area contributed by atoms with Gasteiger partial charge in [0.05, 0.1) is 12.8 Å². The Labute approximate surface area is 202 Å². The van der Waals surface area contributed by atoms with Crippen LogP contribution in [-0.2, 0) is 13.6 Å². The Morgan fingerprint density at radius 1 is 1.15 bits per heavy atom. The molecule has 1 aromatic rings. The summed E-state index contributed by atoms with van der Waals surface area (Å²) in [6.45, 7) is 24.3. The van der Waals surface area contributed by atoms with Crippen molar-refractivity contribution in [3.05, 3.63) is 45.5 Å². The molecule has 0 amide bonds. The van der Waals surface area contributed by atoms with E-state index in [1.807, 2.05) is 38.8 Å². The molecule has 0 radical (unpaired) electrons. The predicted molar refractivity (Wildman–Crippen MR) is 134 cm³/mol. The van der Waals surface area contributed by atoms with Crippen molar-refractivity contribution < 1.29 is 22.4 Å². The van der Waals surface area contributed by atoms with Gasteiger partial charge in [0.2, 0.25) is 5.82 Å². The summed E-state index contributed by atoms with van der Waals surface area (Å²) in [5.74, 6) is -1.22. The molecule has 0 unspecified atom stereocenters. The molecule has 1 aliphatic heterocycles. The van der Waals surface area contributed by atoms with Crippen LogP contribution in [0.1, 0.15) is 47.8 Å². The fraction of sp³-hybridized carbons (Fsp3) is 0.739. The highest BCUT2D eigenvalue weighted by atomic mass is 28.4. The van der Waals surface area contributed by atoms with Crippen LogP contribution in [0.25, 0.3) is 0 Å². The van der Waals surface area contributed by atoms with E-state index in [1.54, 1.807) is 0 Å². The second-order valence-corrected chi connectivity index (χ2v) is 21.7. The fourth-order valence-electron chi connectivity index (χ4n) is 3.14. The van der Waals surface area contributed by atoms with Gasteiger partial charge in [0.15, 0.2) is 29.0 Å². The largest absolute Gasteiger partial charge is 0.413 e. The van der Waals surface area contributed by atoms with Crippen molar-refractivity contribution in [1.29, 1.82) is 0 Å². The zero-order chi connectivity index (χ0) is 26.5. The van der Waals surface area contributed by atoms with Gasteiger partial charge in [0, 0.05) is 0 Å². The lowest BCUT2D eigenvalue weighted by atomic mass is 9.97. The van der Waals surface area contributed by atoms with Gasteiger partial charge in [0.25, 0.3) is 5.56 Å². The third-order valence-corrected chi connectivity index (χ3v) is 16.6. The Kier molecular flexibility index (Phi) is 7.83. The summed E-state index contributed by atoms with van der Waals surface area (Å²) in [6.07, 6.45) is -2.41. The van der Waals surface area contributed by atoms with Crippen LogP contribution in [0.5, 0.6) is 0 Å². The van der Waals surface area contributed by atoms with E-state index >= 15 is 4.39 Å². The molecular formula is C23H40F2N2O5Si2. The third kappa shape index (κ3) is 5.38. The van der Waals surface area contributed by atoms with Crippen LogP contribution in [0.4, 0.5) is 8.78 Å². The van der Waals surface area contributed by atoms with Crippen LogP contribution in [0.15, 0.2) is 28.4 Å². The van der Waals surface area contributed by atoms with Crippen LogP contribution >= 0.6 is 0 Å². The minimum Gasteiger partial charge on any atom is -0.413 e. The number of hydrogen-bond acceptors (Lipinski definition) is 5. The number of nitrogens with zero attached hydrogens (tertiary/aromatic N) is 1. The monoisotopic (exact) mass is 518 g/mol. The second kappa shape index (κ2) is 9.23. The standard InChI is InChI=1S/C23H40F2N2O5Si2/c1-12-23(14-30-33(8,9)21(2,3)4)17(32-34(10,11)22(5,6)7)16(25)19(31-23)27-13-15(24)18(28)26-20(27)29/h12-13,16-17,19H,1,14H2,2-11H3,(H,26,28,29)/t16-,17-,19+,23+/m0/s1. The van der Waals surface area contributed by atoms with Gasteiger partial charge in [-0.1, -0.05) is 47.6 Å². The molecule has 4 atom stereocenters. The van der Waals surface area contributed by atoms with E-state index in [9.17, 15) is 14.0 Å². The lowest BCUT2D eigenvalue weighted by Gasteiger charge is -2.44. The number of hydrogen-bond donors (Lipinski definition) is 1. The summed E-state index contributed by atoms with van der Waals surface area (Å²) in [7, 11) is -4.81. The minimum absolute atomic E-state index is 0.0379. The summed E-state index contributed by atoms with van der Waals surface area (Å²) in [6, 6.07) is 0. The number of aromatic nitrogens is 2. The van der Waals surface area contributed by atoms with Crippen molar-refractivity contribution in [2.24, 2.45) is 0 Å². The van der Waals surface area contributed by atoms with Gasteiger partial charge in [-0.2, -0.15) is 4.39 Å². The van der Waals surface area contributed by atoms with Gasteiger partial charge < -0.3 is 13.6 Å². The number of nitrogens with one attached hydrogen (secondary N) is 1. The van der Waals surface area contributed by atoms with E-state index in [2.05, 4.69) is 40.4 Å². The molecule has 7 nitrogen and oxygen atoms in total. The Balaban J connectivity index is 2.59. The topological polar surface area (TPSA) is 82.5 Å². The van der Waals surface area contributed by atoms with E-state index in [4.69, 9.17) is 13.6 Å². The van der Waals surface area contributed by atoms with Gasteiger partial charge in [-0.15, -0.1) is 6.58 Å². The van der Waals surface area contributed by atoms with Crippen LogP contribution in [0, 0.1) is 5.82 Å². The Hall–Kier alpha value is -1.41. The number of rotatable bonds is 7. The lowest BCUT2D eigenvalue weighted by Crippen LogP contribution is -2.55. The molecule has 1 N–H and O–H groups in total. The summed E-state index contributed by atoms with van der Waals surface area (Å²) in [4.78, 5) is 25.8. The summed E-state index contributed by atoms with van der Waals surface area (Å²) >= 11 is 0. The van der Waals surface area contributed by atoms with Crippen LogP contribution < -0.4 is 11.2 Å². The summed E-state index contributed by atoms with van der Waals surface area (Å²) < 4.78 is 49.9. The number of halogens is 2. The molecule has 2 rings (SSSR count). The highest BCUT2D eigenvalue weighted by Gasteiger charge is 2.59. The number of H-pyrrole nitrogens is 1. The molecular weight excluding hydrogens is 478 g/mol.